The molecule has 0 spiro atoms. The van der Waals surface area contributed by atoms with Crippen LogP contribution in [0.5, 0.6) is 0 Å². The van der Waals surface area contributed by atoms with E-state index in [0.717, 1.165) is 33.9 Å². The third kappa shape index (κ3) is 5.19. The van der Waals surface area contributed by atoms with Gasteiger partial charge in [-0.05, 0) is 49.2 Å². The van der Waals surface area contributed by atoms with Gasteiger partial charge in [0, 0.05) is 11.1 Å². The molecule has 0 fully saturated rings. The molecule has 10 heteroatoms. The Kier molecular flexibility index (Phi) is 7.94. The molecule has 0 N–H and O–H groups in total. The van der Waals surface area contributed by atoms with Gasteiger partial charge in [0.25, 0.3) is 0 Å². The fourth-order valence-electron chi connectivity index (χ4n) is 4.37. The Morgan fingerprint density at radius 1 is 0.711 bits per heavy atom. The lowest BCUT2D eigenvalue weighted by Gasteiger charge is -2.13. The molecule has 0 saturated carbocycles. The molecular formula is C28H32Cl2N6O2+2. The molecule has 0 aliphatic rings. The number of aryl methyl sites for hydroxylation is 6. The molecule has 2 aromatic heterocycles. The van der Waals surface area contributed by atoms with Crippen molar-refractivity contribution in [3.63, 3.8) is 0 Å². The predicted octanol–water partition coefficient (Wildman–Crippen LogP) is 5.05. The first-order valence-corrected chi connectivity index (χ1v) is 12.7. The monoisotopic (exact) mass is 554 g/mol. The largest absolute Gasteiger partial charge is 0.475 e. The fraction of sp³-hybridized carbons (Fsp3) is 0.286. The van der Waals surface area contributed by atoms with Gasteiger partial charge < -0.3 is 9.47 Å². The molecule has 2 heterocycles. The third-order valence-corrected chi connectivity index (χ3v) is 7.06. The van der Waals surface area contributed by atoms with E-state index in [1.165, 1.54) is 0 Å². The molecule has 0 aliphatic carbocycles. The highest BCUT2D eigenvalue weighted by Crippen LogP contribution is 2.40. The molecule has 38 heavy (non-hydrogen) atoms. The molecular weight excluding hydrogens is 523 g/mol. The van der Waals surface area contributed by atoms with Crippen LogP contribution in [0.15, 0.2) is 59.0 Å². The van der Waals surface area contributed by atoms with Crippen molar-refractivity contribution in [2.24, 2.45) is 38.2 Å². The Bertz CT molecular complexity index is 1430. The van der Waals surface area contributed by atoms with Gasteiger partial charge in [0.1, 0.15) is 24.8 Å². The van der Waals surface area contributed by atoms with Gasteiger partial charge in [-0.1, -0.05) is 23.2 Å². The predicted molar refractivity (Wildman–Crippen MR) is 151 cm³/mol. The summed E-state index contributed by atoms with van der Waals surface area (Å²) in [6.07, 6.45) is 7.78. The number of ether oxygens (including phenoxy) is 2. The van der Waals surface area contributed by atoms with Crippen molar-refractivity contribution < 1.29 is 18.6 Å². The van der Waals surface area contributed by atoms with Crippen LogP contribution in [0.1, 0.15) is 22.8 Å². The first kappa shape index (κ1) is 27.4. The van der Waals surface area contributed by atoms with Crippen LogP contribution >= 0.6 is 23.2 Å². The number of aromatic nitrogens is 4. The summed E-state index contributed by atoms with van der Waals surface area (Å²) >= 11 is 13.6. The summed E-state index contributed by atoms with van der Waals surface area (Å²) in [4.78, 5) is 9.54. The van der Waals surface area contributed by atoms with E-state index in [1.54, 1.807) is 14.2 Å². The van der Waals surface area contributed by atoms with Crippen LogP contribution < -0.4 is 9.13 Å². The van der Waals surface area contributed by atoms with Crippen LogP contribution in [0.2, 0.25) is 10.0 Å². The molecule has 198 valence electrons. The van der Waals surface area contributed by atoms with Crippen molar-refractivity contribution >= 4 is 46.4 Å². The maximum atomic E-state index is 6.79. The molecule has 4 rings (SSSR count). The van der Waals surface area contributed by atoms with Crippen molar-refractivity contribution in [1.82, 2.24) is 9.13 Å². The van der Waals surface area contributed by atoms with Crippen molar-refractivity contribution in [2.45, 2.75) is 13.8 Å². The first-order chi connectivity index (χ1) is 18.0. The summed E-state index contributed by atoms with van der Waals surface area (Å²) in [6, 6.07) is 7.66. The summed E-state index contributed by atoms with van der Waals surface area (Å²) in [6.45, 7) is 3.97. The molecule has 0 atom stereocenters. The minimum absolute atomic E-state index is 0.489. The lowest BCUT2D eigenvalue weighted by molar-refractivity contribution is -0.672. The van der Waals surface area contributed by atoms with E-state index in [0.29, 0.717) is 33.2 Å². The second-order valence-corrected chi connectivity index (χ2v) is 9.98. The van der Waals surface area contributed by atoms with Crippen LogP contribution in [-0.4, -0.2) is 35.1 Å². The molecule has 0 amide bonds. The zero-order valence-electron chi connectivity index (χ0n) is 22.9. The number of halogens is 2. The van der Waals surface area contributed by atoms with E-state index < -0.39 is 0 Å². The topological polar surface area (TPSA) is 60.8 Å². The number of benzene rings is 2. The Labute approximate surface area is 233 Å². The average molecular weight is 556 g/mol. The van der Waals surface area contributed by atoms with Gasteiger partial charge in [-0.25, -0.2) is 28.3 Å². The molecule has 0 unspecified atom stereocenters. The summed E-state index contributed by atoms with van der Waals surface area (Å²) < 4.78 is 19.0. The van der Waals surface area contributed by atoms with Gasteiger partial charge in [-0.15, -0.1) is 0 Å². The van der Waals surface area contributed by atoms with Gasteiger partial charge in [0.15, 0.2) is 0 Å². The Hall–Kier alpha value is -3.62. The fourth-order valence-corrected chi connectivity index (χ4v) is 4.89. The van der Waals surface area contributed by atoms with Gasteiger partial charge in [0.2, 0.25) is 0 Å². The zero-order valence-corrected chi connectivity index (χ0v) is 24.4. The Balaban J connectivity index is 1.75. The molecule has 2 aromatic carbocycles. The van der Waals surface area contributed by atoms with E-state index in [-0.39, 0.29) is 0 Å². The van der Waals surface area contributed by atoms with Crippen LogP contribution in [0.25, 0.3) is 11.1 Å². The quantitative estimate of drug-likeness (QED) is 0.197. The minimum Gasteiger partial charge on any atom is -0.475 e. The summed E-state index contributed by atoms with van der Waals surface area (Å²) in [5.74, 6) is 2.65. The van der Waals surface area contributed by atoms with E-state index in [2.05, 4.69) is 0 Å². The molecule has 8 nitrogen and oxygen atoms in total. The van der Waals surface area contributed by atoms with E-state index >= 15 is 0 Å². The molecule has 0 saturated heterocycles. The van der Waals surface area contributed by atoms with Crippen molar-refractivity contribution in [1.29, 1.82) is 0 Å². The smallest absolute Gasteiger partial charge is 0.344 e. The highest BCUT2D eigenvalue weighted by atomic mass is 35.5. The van der Waals surface area contributed by atoms with Crippen molar-refractivity contribution in [2.75, 3.05) is 14.2 Å². The van der Waals surface area contributed by atoms with Crippen molar-refractivity contribution in [3.05, 3.63) is 81.9 Å². The maximum absolute atomic E-state index is 6.79. The normalized spacial score (nSPS) is 12.3. The number of rotatable bonds is 5. The summed E-state index contributed by atoms with van der Waals surface area (Å²) in [5.41, 5.74) is 4.93. The number of aliphatic imine (C=N–C) groups is 2. The second-order valence-electron chi connectivity index (χ2n) is 9.17. The number of hydrogen-bond acceptors (Lipinski definition) is 4. The summed E-state index contributed by atoms with van der Waals surface area (Å²) in [7, 11) is 11.0. The third-order valence-electron chi connectivity index (χ3n) is 6.44. The van der Waals surface area contributed by atoms with E-state index in [4.69, 9.17) is 42.7 Å². The van der Waals surface area contributed by atoms with Crippen LogP contribution in [-0.2, 0) is 37.7 Å². The van der Waals surface area contributed by atoms with E-state index in [1.807, 2.05) is 109 Å². The average Bonchev–Trinajstić information content (AvgIpc) is 3.39. The molecule has 4 aromatic rings. The number of imidazole rings is 2. The SMILES string of the molecule is COC(=Nc1cc(Cl)c(-c2cc(C)c(N=C(OC)c3n(C)cc[n+]3C)cc2Cl)cc1C)c1n(C)cc[n+]1C. The van der Waals surface area contributed by atoms with Crippen LogP contribution in [0.4, 0.5) is 11.4 Å². The van der Waals surface area contributed by atoms with Crippen LogP contribution in [0.3, 0.4) is 0 Å². The number of methoxy groups -OCH3 is 2. The lowest BCUT2D eigenvalue weighted by Crippen LogP contribution is -2.35. The minimum atomic E-state index is 0.489. The van der Waals surface area contributed by atoms with Gasteiger partial charge in [-0.3, -0.25) is 0 Å². The van der Waals surface area contributed by atoms with Gasteiger partial charge >= 0.3 is 23.4 Å². The lowest BCUT2D eigenvalue weighted by atomic mass is 9.99. The van der Waals surface area contributed by atoms with Crippen LogP contribution in [0, 0.1) is 13.8 Å². The van der Waals surface area contributed by atoms with E-state index in [9.17, 15) is 0 Å². The number of hydrogen-bond donors (Lipinski definition) is 0. The summed E-state index contributed by atoms with van der Waals surface area (Å²) in [5, 5.41) is 1.07. The molecule has 0 radical (unpaired) electrons. The zero-order chi connectivity index (χ0) is 27.7. The standard InChI is InChI=1S/C28H32Cl2N6O2/c1-17-13-19(21(29)15-23(17)31-25(37-7)27-33(3)9-10-34(27)4)20-14-18(2)24(16-22(20)30)32-26(38-8)28-35(5)11-12-36(28)6/h9-16H,1-8H3/q+2. The molecule has 0 bridgehead atoms. The van der Waals surface area contributed by atoms with Gasteiger partial charge in [0.05, 0.1) is 63.8 Å². The Morgan fingerprint density at radius 3 is 1.37 bits per heavy atom. The van der Waals surface area contributed by atoms with Gasteiger partial charge in [-0.2, -0.15) is 0 Å². The Morgan fingerprint density at radius 2 is 1.08 bits per heavy atom. The number of nitrogens with zero attached hydrogens (tertiary/aromatic N) is 6. The highest BCUT2D eigenvalue weighted by molar-refractivity contribution is 6.37. The first-order valence-electron chi connectivity index (χ1n) is 11.9. The maximum Gasteiger partial charge on any atom is 0.344 e. The second kappa shape index (κ2) is 11.0. The van der Waals surface area contributed by atoms with Crippen molar-refractivity contribution in [3.8, 4) is 11.1 Å². The molecule has 0 aliphatic heterocycles. The highest BCUT2D eigenvalue weighted by Gasteiger charge is 2.23.